The maximum atomic E-state index is 2.56. The van der Waals surface area contributed by atoms with Crippen LogP contribution >= 0.6 is 45.3 Å². The van der Waals surface area contributed by atoms with Crippen LogP contribution in [0.25, 0.3) is 41.1 Å². The Bertz CT molecular complexity index is 1530. The molecule has 4 heterocycles. The predicted molar refractivity (Wildman–Crippen MR) is 206 cm³/mol. The lowest BCUT2D eigenvalue weighted by atomic mass is 9.93. The maximum Gasteiger partial charge on any atom is 0.0446 e. The van der Waals surface area contributed by atoms with Crippen molar-refractivity contribution in [1.82, 2.24) is 0 Å². The van der Waals surface area contributed by atoms with Gasteiger partial charge in [0.05, 0.1) is 0 Å². The van der Waals surface area contributed by atoms with E-state index >= 15 is 0 Å². The van der Waals surface area contributed by atoms with Crippen molar-refractivity contribution in [3.8, 4) is 20.9 Å². The molecule has 4 aromatic heterocycles. The number of hydrogen-bond acceptors (Lipinski definition) is 4. The zero-order chi connectivity index (χ0) is 31.4. The monoisotopic (exact) mass is 662 g/mol. The number of thiophene rings is 4. The molecule has 2 unspecified atom stereocenters. The van der Waals surface area contributed by atoms with Crippen molar-refractivity contribution >= 4 is 65.5 Å². The Kier molecular flexibility index (Phi) is 11.5. The van der Waals surface area contributed by atoms with Crippen molar-refractivity contribution in [3.63, 3.8) is 0 Å². The highest BCUT2D eigenvalue weighted by Gasteiger charge is 2.26. The van der Waals surface area contributed by atoms with E-state index in [1.54, 1.807) is 9.75 Å². The molecule has 0 fully saturated rings. The third-order valence-electron chi connectivity index (χ3n) is 9.48. The second-order valence-corrected chi connectivity index (χ2v) is 18.5. The van der Waals surface area contributed by atoms with Gasteiger partial charge in [0.1, 0.15) is 0 Å². The zero-order valence-electron chi connectivity index (χ0n) is 28.5. The summed E-state index contributed by atoms with van der Waals surface area (Å²) in [6, 6.07) is 14.9. The normalized spacial score (nSPS) is 13.8. The Morgan fingerprint density at radius 1 is 0.591 bits per heavy atom. The Hall–Kier alpha value is -1.46. The molecule has 2 atom stereocenters. The van der Waals surface area contributed by atoms with Gasteiger partial charge in [-0.05, 0) is 72.9 Å². The van der Waals surface area contributed by atoms with Gasteiger partial charge in [-0.2, -0.15) is 0 Å². The molecule has 0 spiro atoms. The number of rotatable bonds is 15. The molecule has 5 rings (SSSR count). The molecule has 0 saturated heterocycles. The lowest BCUT2D eigenvalue weighted by molar-refractivity contribution is 0.452. The highest BCUT2D eigenvalue weighted by Crippen LogP contribution is 2.53. The number of aryl methyl sites for hydroxylation is 1. The van der Waals surface area contributed by atoms with Gasteiger partial charge in [0.15, 0.2) is 0 Å². The van der Waals surface area contributed by atoms with E-state index in [1.165, 1.54) is 115 Å². The first-order valence-corrected chi connectivity index (χ1v) is 20.7. The number of hydrogen-bond donors (Lipinski definition) is 0. The van der Waals surface area contributed by atoms with Crippen LogP contribution in [0.3, 0.4) is 0 Å². The highest BCUT2D eigenvalue weighted by molar-refractivity contribution is 7.23. The van der Waals surface area contributed by atoms with Gasteiger partial charge in [-0.15, -0.1) is 45.3 Å². The van der Waals surface area contributed by atoms with Crippen LogP contribution in [-0.2, 0) is 24.7 Å². The van der Waals surface area contributed by atoms with Crippen molar-refractivity contribution in [3.05, 3.63) is 55.9 Å². The van der Waals surface area contributed by atoms with Crippen molar-refractivity contribution < 1.29 is 0 Å². The average molecular weight is 663 g/mol. The fourth-order valence-corrected chi connectivity index (χ4v) is 11.5. The minimum absolute atomic E-state index is 0.128. The first-order valence-electron chi connectivity index (χ1n) is 17.4. The van der Waals surface area contributed by atoms with Crippen LogP contribution in [0.1, 0.15) is 126 Å². The minimum atomic E-state index is 0.128. The van der Waals surface area contributed by atoms with Crippen LogP contribution in [0.2, 0.25) is 0 Å². The number of fused-ring (bicyclic) bond motifs is 2. The van der Waals surface area contributed by atoms with Gasteiger partial charge >= 0.3 is 0 Å². The van der Waals surface area contributed by atoms with Crippen LogP contribution in [0.5, 0.6) is 0 Å². The summed E-state index contributed by atoms with van der Waals surface area (Å²) in [4.78, 5) is 9.03. The molecule has 1 aromatic carbocycles. The third kappa shape index (κ3) is 7.40. The predicted octanol–water partition coefficient (Wildman–Crippen LogP) is 15.0. The summed E-state index contributed by atoms with van der Waals surface area (Å²) in [7, 11) is 0. The van der Waals surface area contributed by atoms with E-state index in [0.717, 1.165) is 18.3 Å². The first kappa shape index (κ1) is 33.9. The molecule has 5 aromatic rings. The van der Waals surface area contributed by atoms with Gasteiger partial charge in [-0.3, -0.25) is 0 Å². The van der Waals surface area contributed by atoms with Crippen LogP contribution in [0, 0.1) is 11.8 Å². The van der Waals surface area contributed by atoms with Crippen molar-refractivity contribution in [2.75, 3.05) is 0 Å². The summed E-state index contributed by atoms with van der Waals surface area (Å²) in [5.74, 6) is 1.60. The standard InChI is InChI=1S/C40H54S4/c1-9-14-16-26(11-3)22-29-18-20-33(41-29)36-31-24-28(13-5)43-38(31)37(32-25-35(40(6,7)8)44-39(32)36)34-21-19-30(42-34)23-27(12-4)17-15-10-2/h18-21,24-27H,9-17,22-23H2,1-8H3. The fraction of sp³-hybridized carbons (Fsp3) is 0.550. The summed E-state index contributed by atoms with van der Waals surface area (Å²) in [6.07, 6.45) is 14.1. The summed E-state index contributed by atoms with van der Waals surface area (Å²) in [6.45, 7) is 18.8. The van der Waals surface area contributed by atoms with Crippen LogP contribution < -0.4 is 0 Å². The lowest BCUT2D eigenvalue weighted by Gasteiger charge is -2.15. The van der Waals surface area contributed by atoms with Gasteiger partial charge in [0.2, 0.25) is 0 Å². The third-order valence-corrected chi connectivity index (χ3v) is 14.6. The van der Waals surface area contributed by atoms with Crippen molar-refractivity contribution in [2.45, 2.75) is 131 Å². The average Bonchev–Trinajstić information content (AvgIpc) is 3.82. The lowest BCUT2D eigenvalue weighted by Crippen LogP contribution is -2.07. The number of benzene rings is 1. The van der Waals surface area contributed by atoms with E-state index in [-0.39, 0.29) is 5.41 Å². The van der Waals surface area contributed by atoms with E-state index in [9.17, 15) is 0 Å². The smallest absolute Gasteiger partial charge is 0.0446 e. The molecule has 0 aliphatic heterocycles. The van der Waals surface area contributed by atoms with Crippen LogP contribution in [0.15, 0.2) is 36.4 Å². The SMILES string of the molecule is CCCCC(CC)Cc1ccc(-c2c3cc(C(C)(C)C)sc3c(-c3ccc(CC(CC)CCCC)s3)c3cc(CC)sc23)s1. The second-order valence-electron chi connectivity index (χ2n) is 13.9. The molecule has 0 bridgehead atoms. The Morgan fingerprint density at radius 2 is 1.09 bits per heavy atom. The largest absolute Gasteiger partial charge is 0.140 e. The molecule has 0 saturated carbocycles. The molecule has 238 valence electrons. The molecule has 0 nitrogen and oxygen atoms in total. The molecule has 0 amide bonds. The summed E-state index contributed by atoms with van der Waals surface area (Å²) >= 11 is 8.22. The Morgan fingerprint density at radius 3 is 1.55 bits per heavy atom. The van der Waals surface area contributed by atoms with Gasteiger partial charge in [0, 0.05) is 60.6 Å². The van der Waals surface area contributed by atoms with Crippen molar-refractivity contribution in [2.24, 2.45) is 11.8 Å². The molecule has 44 heavy (non-hydrogen) atoms. The molecular weight excluding hydrogens is 609 g/mol. The van der Waals surface area contributed by atoms with Gasteiger partial charge in [0.25, 0.3) is 0 Å². The fourth-order valence-electron chi connectivity index (χ4n) is 6.55. The maximum absolute atomic E-state index is 2.56. The molecule has 4 heteroatoms. The highest BCUT2D eigenvalue weighted by atomic mass is 32.1. The molecule has 0 aliphatic rings. The van der Waals surface area contributed by atoms with E-state index in [2.05, 4.69) is 126 Å². The van der Waals surface area contributed by atoms with Gasteiger partial charge in [-0.25, -0.2) is 0 Å². The molecule has 0 aliphatic carbocycles. The van der Waals surface area contributed by atoms with E-state index in [4.69, 9.17) is 0 Å². The van der Waals surface area contributed by atoms with E-state index in [0.29, 0.717) is 0 Å². The topological polar surface area (TPSA) is 0 Å². The summed E-state index contributed by atoms with van der Waals surface area (Å²) < 4.78 is 2.99. The molecule has 0 N–H and O–H groups in total. The second kappa shape index (κ2) is 15.0. The van der Waals surface area contributed by atoms with E-state index in [1.807, 2.05) is 11.3 Å². The van der Waals surface area contributed by atoms with Crippen LogP contribution in [0.4, 0.5) is 0 Å². The zero-order valence-corrected chi connectivity index (χ0v) is 31.8. The summed E-state index contributed by atoms with van der Waals surface area (Å²) in [5.41, 5.74) is 3.12. The Balaban J connectivity index is 1.66. The minimum Gasteiger partial charge on any atom is -0.140 e. The van der Waals surface area contributed by atoms with Gasteiger partial charge < -0.3 is 0 Å². The quantitative estimate of drug-likeness (QED) is 0.105. The summed E-state index contributed by atoms with van der Waals surface area (Å²) in [5, 5.41) is 2.95. The van der Waals surface area contributed by atoms with Gasteiger partial charge in [-0.1, -0.05) is 107 Å². The van der Waals surface area contributed by atoms with Crippen LogP contribution in [-0.4, -0.2) is 0 Å². The molecule has 0 radical (unpaired) electrons. The van der Waals surface area contributed by atoms with Crippen molar-refractivity contribution in [1.29, 1.82) is 0 Å². The molecular formula is C40H54S4. The first-order chi connectivity index (χ1) is 21.2. The Labute approximate surface area is 283 Å². The van der Waals surface area contributed by atoms with E-state index < -0.39 is 0 Å². The number of unbranched alkanes of at least 4 members (excludes halogenated alkanes) is 2.